The Bertz CT molecular complexity index is 723. The zero-order chi connectivity index (χ0) is 14.2. The number of aromatic nitrogens is 2. The van der Waals surface area contributed by atoms with E-state index in [2.05, 4.69) is 4.98 Å². The van der Waals surface area contributed by atoms with Crippen molar-refractivity contribution in [3.63, 3.8) is 0 Å². The molecule has 0 radical (unpaired) electrons. The van der Waals surface area contributed by atoms with E-state index >= 15 is 0 Å². The number of imidazole rings is 1. The van der Waals surface area contributed by atoms with Crippen molar-refractivity contribution >= 4 is 10.0 Å². The molecule has 0 saturated heterocycles. The average Bonchev–Trinajstić information content (AvgIpc) is 2.74. The standard InChI is InChI=1S/C12H12F2N2O2S/c1-3-12-15-8(2)7-16(12)19(17,18)9-4-5-10(13)11(14)6-9/h4-7H,3H2,1-2H3. The third-order valence-corrected chi connectivity index (χ3v) is 4.31. The lowest BCUT2D eigenvalue weighted by Crippen LogP contribution is -2.15. The van der Waals surface area contributed by atoms with Crippen LogP contribution in [0.2, 0.25) is 0 Å². The zero-order valence-corrected chi connectivity index (χ0v) is 11.2. The summed E-state index contributed by atoms with van der Waals surface area (Å²) in [7, 11) is -3.95. The van der Waals surface area contributed by atoms with Crippen LogP contribution in [-0.4, -0.2) is 17.4 Å². The first kappa shape index (κ1) is 13.7. The maximum Gasteiger partial charge on any atom is 0.269 e. The summed E-state index contributed by atoms with van der Waals surface area (Å²) in [5.74, 6) is -1.94. The molecule has 2 aromatic rings. The number of nitrogens with zero attached hydrogens (tertiary/aromatic N) is 2. The monoisotopic (exact) mass is 286 g/mol. The number of aryl methyl sites for hydroxylation is 2. The summed E-state index contributed by atoms with van der Waals surface area (Å²) in [5, 5.41) is 0. The third kappa shape index (κ3) is 2.37. The number of rotatable bonds is 3. The molecule has 0 spiro atoms. The van der Waals surface area contributed by atoms with Crippen LogP contribution in [0.4, 0.5) is 8.78 Å². The van der Waals surface area contributed by atoms with Gasteiger partial charge in [0.05, 0.1) is 10.6 Å². The van der Waals surface area contributed by atoms with Crippen LogP contribution in [0, 0.1) is 18.6 Å². The molecule has 0 aliphatic heterocycles. The lowest BCUT2D eigenvalue weighted by molar-refractivity contribution is 0.504. The molecule has 0 saturated carbocycles. The quantitative estimate of drug-likeness (QED) is 0.869. The second-order valence-corrected chi connectivity index (χ2v) is 5.84. The topological polar surface area (TPSA) is 52.0 Å². The van der Waals surface area contributed by atoms with Gasteiger partial charge in [0.1, 0.15) is 5.82 Å². The fourth-order valence-electron chi connectivity index (χ4n) is 1.72. The van der Waals surface area contributed by atoms with Gasteiger partial charge in [0, 0.05) is 12.6 Å². The van der Waals surface area contributed by atoms with Crippen LogP contribution in [0.15, 0.2) is 29.3 Å². The maximum absolute atomic E-state index is 13.1. The molecule has 0 bridgehead atoms. The van der Waals surface area contributed by atoms with Gasteiger partial charge in [-0.05, 0) is 25.1 Å². The van der Waals surface area contributed by atoms with Crippen LogP contribution in [0.3, 0.4) is 0 Å². The van der Waals surface area contributed by atoms with E-state index in [-0.39, 0.29) is 4.90 Å². The molecule has 1 aromatic heterocycles. The summed E-state index contributed by atoms with van der Waals surface area (Å²) >= 11 is 0. The first-order valence-electron chi connectivity index (χ1n) is 5.61. The summed E-state index contributed by atoms with van der Waals surface area (Å²) in [6, 6.07) is 2.49. The second kappa shape index (κ2) is 4.73. The predicted octanol–water partition coefficient (Wildman–Crippen LogP) is 2.27. The van der Waals surface area contributed by atoms with Crippen LogP contribution in [0.25, 0.3) is 0 Å². The van der Waals surface area contributed by atoms with E-state index < -0.39 is 21.7 Å². The number of hydrogen-bond acceptors (Lipinski definition) is 3. The van der Waals surface area contributed by atoms with E-state index in [1.165, 1.54) is 6.20 Å². The van der Waals surface area contributed by atoms with Gasteiger partial charge in [0.25, 0.3) is 10.0 Å². The number of hydrogen-bond donors (Lipinski definition) is 0. The molecule has 7 heteroatoms. The fourth-order valence-corrected chi connectivity index (χ4v) is 3.18. The van der Waals surface area contributed by atoms with Crippen LogP contribution in [0.5, 0.6) is 0 Å². The molecule has 4 nitrogen and oxygen atoms in total. The zero-order valence-electron chi connectivity index (χ0n) is 10.4. The molecule has 0 unspecified atom stereocenters. The largest absolute Gasteiger partial charge is 0.269 e. The summed E-state index contributed by atoms with van der Waals surface area (Å²) in [6.07, 6.45) is 1.77. The van der Waals surface area contributed by atoms with E-state index in [1.807, 2.05) is 0 Å². The molecule has 0 atom stereocenters. The van der Waals surface area contributed by atoms with Gasteiger partial charge in [-0.25, -0.2) is 26.2 Å². The predicted molar refractivity (Wildman–Crippen MR) is 65.3 cm³/mol. The second-order valence-electron chi connectivity index (χ2n) is 4.03. The minimum Gasteiger partial charge on any atom is -0.238 e. The van der Waals surface area contributed by atoms with Crippen molar-refractivity contribution in [2.45, 2.75) is 25.2 Å². The highest BCUT2D eigenvalue weighted by molar-refractivity contribution is 7.90. The SMILES string of the molecule is CCc1nc(C)cn1S(=O)(=O)c1ccc(F)c(F)c1. The lowest BCUT2D eigenvalue weighted by atomic mass is 10.3. The van der Waals surface area contributed by atoms with E-state index in [0.717, 1.165) is 16.1 Å². The Balaban J connectivity index is 2.61. The Hall–Kier alpha value is -1.76. The van der Waals surface area contributed by atoms with Crippen LogP contribution >= 0.6 is 0 Å². The molecule has 102 valence electrons. The van der Waals surface area contributed by atoms with Crippen molar-refractivity contribution in [3.05, 3.63) is 47.5 Å². The molecule has 1 aromatic carbocycles. The molecule has 0 fully saturated rings. The Labute approximate surface area is 109 Å². The molecule has 0 aliphatic rings. The lowest BCUT2D eigenvalue weighted by Gasteiger charge is -2.08. The highest BCUT2D eigenvalue weighted by atomic mass is 32.2. The summed E-state index contributed by atoms with van der Waals surface area (Å²) in [5.41, 5.74) is 0.544. The van der Waals surface area contributed by atoms with Crippen molar-refractivity contribution in [1.29, 1.82) is 0 Å². The van der Waals surface area contributed by atoms with Gasteiger partial charge >= 0.3 is 0 Å². The minimum atomic E-state index is -3.95. The molecule has 2 rings (SSSR count). The highest BCUT2D eigenvalue weighted by Gasteiger charge is 2.22. The van der Waals surface area contributed by atoms with E-state index in [1.54, 1.807) is 13.8 Å². The van der Waals surface area contributed by atoms with Gasteiger partial charge in [-0.2, -0.15) is 0 Å². The summed E-state index contributed by atoms with van der Waals surface area (Å²) in [6.45, 7) is 3.43. The van der Waals surface area contributed by atoms with Crippen LogP contribution in [-0.2, 0) is 16.4 Å². The van der Waals surface area contributed by atoms with Crippen molar-refractivity contribution in [3.8, 4) is 0 Å². The average molecular weight is 286 g/mol. The van der Waals surface area contributed by atoms with Crippen molar-refractivity contribution in [1.82, 2.24) is 8.96 Å². The summed E-state index contributed by atoms with van der Waals surface area (Å²) in [4.78, 5) is 3.77. The molecule has 0 aliphatic carbocycles. The number of halogens is 2. The molecule has 0 N–H and O–H groups in total. The number of benzene rings is 1. The fraction of sp³-hybridized carbons (Fsp3) is 0.250. The van der Waals surface area contributed by atoms with Gasteiger partial charge in [0.2, 0.25) is 0 Å². The minimum absolute atomic E-state index is 0.307. The van der Waals surface area contributed by atoms with Gasteiger partial charge in [-0.1, -0.05) is 6.92 Å². The summed E-state index contributed by atoms with van der Waals surface area (Å²) < 4.78 is 51.6. The van der Waals surface area contributed by atoms with Crippen molar-refractivity contribution in [2.75, 3.05) is 0 Å². The third-order valence-electron chi connectivity index (χ3n) is 2.63. The Kier molecular flexibility index (Phi) is 3.40. The molecule has 1 heterocycles. The first-order valence-corrected chi connectivity index (χ1v) is 7.05. The Morgan fingerprint density at radius 1 is 1.26 bits per heavy atom. The maximum atomic E-state index is 13.1. The van der Waals surface area contributed by atoms with E-state index in [4.69, 9.17) is 0 Å². The molecule has 0 amide bonds. The van der Waals surface area contributed by atoms with Gasteiger partial charge in [-0.15, -0.1) is 0 Å². The van der Waals surface area contributed by atoms with Crippen molar-refractivity contribution in [2.24, 2.45) is 0 Å². The van der Waals surface area contributed by atoms with E-state index in [9.17, 15) is 17.2 Å². The van der Waals surface area contributed by atoms with Gasteiger partial charge < -0.3 is 0 Å². The first-order chi connectivity index (χ1) is 8.86. The van der Waals surface area contributed by atoms with Crippen LogP contribution < -0.4 is 0 Å². The normalized spacial score (nSPS) is 11.8. The van der Waals surface area contributed by atoms with E-state index in [0.29, 0.717) is 24.0 Å². The molecular weight excluding hydrogens is 274 g/mol. The molecular formula is C12H12F2N2O2S. The van der Waals surface area contributed by atoms with Gasteiger partial charge in [0.15, 0.2) is 11.6 Å². The van der Waals surface area contributed by atoms with Gasteiger partial charge in [-0.3, -0.25) is 0 Å². The molecule has 19 heavy (non-hydrogen) atoms. The van der Waals surface area contributed by atoms with Crippen molar-refractivity contribution < 1.29 is 17.2 Å². The smallest absolute Gasteiger partial charge is 0.238 e. The Morgan fingerprint density at radius 3 is 2.53 bits per heavy atom. The Morgan fingerprint density at radius 2 is 1.95 bits per heavy atom. The highest BCUT2D eigenvalue weighted by Crippen LogP contribution is 2.19. The van der Waals surface area contributed by atoms with Crippen LogP contribution in [0.1, 0.15) is 18.4 Å².